The van der Waals surface area contributed by atoms with E-state index >= 15 is 0 Å². The standard InChI is InChI=1S/C19H35N3O3/c1-4-22(14-19(24)25)17-9-11-21(12-10-17)13-18(23)20(3)16-7-5-15(2)6-8-16/h15-17H,4-14H2,1-3H3,(H,24,25). The molecule has 144 valence electrons. The third kappa shape index (κ3) is 5.96. The van der Waals surface area contributed by atoms with Crippen molar-refractivity contribution in [3.8, 4) is 0 Å². The highest BCUT2D eigenvalue weighted by Crippen LogP contribution is 2.26. The molecule has 2 rings (SSSR count). The largest absolute Gasteiger partial charge is 0.480 e. The van der Waals surface area contributed by atoms with E-state index < -0.39 is 5.97 Å². The second-order valence-electron chi connectivity index (χ2n) is 7.88. The first-order valence-electron chi connectivity index (χ1n) is 9.84. The summed E-state index contributed by atoms with van der Waals surface area (Å²) in [5.41, 5.74) is 0. The molecule has 0 radical (unpaired) electrons. The van der Waals surface area contributed by atoms with Crippen molar-refractivity contribution >= 4 is 11.9 Å². The van der Waals surface area contributed by atoms with E-state index in [0.717, 1.165) is 51.2 Å². The first-order valence-corrected chi connectivity index (χ1v) is 9.84. The predicted molar refractivity (Wildman–Crippen MR) is 98.5 cm³/mol. The van der Waals surface area contributed by atoms with Crippen molar-refractivity contribution in [3.05, 3.63) is 0 Å². The van der Waals surface area contributed by atoms with Gasteiger partial charge in [-0.3, -0.25) is 19.4 Å². The summed E-state index contributed by atoms with van der Waals surface area (Å²) in [6.07, 6.45) is 6.60. The van der Waals surface area contributed by atoms with Gasteiger partial charge in [0.1, 0.15) is 0 Å². The first kappa shape index (κ1) is 20.2. The fourth-order valence-corrected chi connectivity index (χ4v) is 4.25. The van der Waals surface area contributed by atoms with E-state index in [1.807, 2.05) is 23.8 Å². The lowest BCUT2D eigenvalue weighted by atomic mass is 9.87. The van der Waals surface area contributed by atoms with Gasteiger partial charge in [0.05, 0.1) is 13.1 Å². The van der Waals surface area contributed by atoms with E-state index in [1.54, 1.807) is 0 Å². The molecule has 1 heterocycles. The number of likely N-dealkylation sites (N-methyl/N-ethyl adjacent to an activating group) is 2. The van der Waals surface area contributed by atoms with Crippen LogP contribution < -0.4 is 0 Å². The molecule has 6 nitrogen and oxygen atoms in total. The van der Waals surface area contributed by atoms with Gasteiger partial charge in [-0.1, -0.05) is 13.8 Å². The fraction of sp³-hybridized carbons (Fsp3) is 0.895. The molecule has 0 atom stereocenters. The highest BCUT2D eigenvalue weighted by Gasteiger charge is 2.29. The van der Waals surface area contributed by atoms with Crippen LogP contribution in [-0.4, -0.2) is 83.5 Å². The molecule has 2 aliphatic rings. The normalized spacial score (nSPS) is 25.9. The molecular formula is C19H35N3O3. The Morgan fingerprint density at radius 3 is 2.16 bits per heavy atom. The Bertz CT molecular complexity index is 441. The molecule has 0 aromatic rings. The minimum absolute atomic E-state index is 0.114. The lowest BCUT2D eigenvalue weighted by molar-refractivity contribution is -0.139. The van der Waals surface area contributed by atoms with Crippen LogP contribution in [0.4, 0.5) is 0 Å². The van der Waals surface area contributed by atoms with Crippen molar-refractivity contribution in [1.29, 1.82) is 0 Å². The van der Waals surface area contributed by atoms with Gasteiger partial charge in [-0.05, 0) is 51.0 Å². The number of hydrogen-bond donors (Lipinski definition) is 1. The lowest BCUT2D eigenvalue weighted by Crippen LogP contribution is -2.50. The number of hydrogen-bond acceptors (Lipinski definition) is 4. The molecule has 1 saturated carbocycles. The summed E-state index contributed by atoms with van der Waals surface area (Å²) in [6.45, 7) is 7.44. The number of rotatable bonds is 7. The van der Waals surface area contributed by atoms with Gasteiger partial charge >= 0.3 is 5.97 Å². The van der Waals surface area contributed by atoms with Gasteiger partial charge in [0, 0.05) is 32.2 Å². The molecule has 0 aromatic heterocycles. The molecule has 1 aliphatic heterocycles. The van der Waals surface area contributed by atoms with Crippen molar-refractivity contribution in [3.63, 3.8) is 0 Å². The number of carboxylic acids is 1. The smallest absolute Gasteiger partial charge is 0.317 e. The molecule has 2 fully saturated rings. The molecule has 1 saturated heterocycles. The summed E-state index contributed by atoms with van der Waals surface area (Å²) in [7, 11) is 1.96. The Morgan fingerprint density at radius 2 is 1.64 bits per heavy atom. The minimum Gasteiger partial charge on any atom is -0.480 e. The van der Waals surface area contributed by atoms with Gasteiger partial charge in [-0.2, -0.15) is 0 Å². The average Bonchev–Trinajstić information content (AvgIpc) is 2.60. The Labute approximate surface area is 152 Å². The number of carbonyl (C=O) groups excluding carboxylic acids is 1. The summed E-state index contributed by atoms with van der Waals surface area (Å²) in [6, 6.07) is 0.734. The van der Waals surface area contributed by atoms with Gasteiger partial charge in [0.2, 0.25) is 5.91 Å². The van der Waals surface area contributed by atoms with Crippen molar-refractivity contribution in [2.24, 2.45) is 5.92 Å². The highest BCUT2D eigenvalue weighted by molar-refractivity contribution is 5.78. The molecule has 1 aliphatic carbocycles. The van der Waals surface area contributed by atoms with E-state index in [9.17, 15) is 9.59 Å². The lowest BCUT2D eigenvalue weighted by Gasteiger charge is -2.39. The zero-order chi connectivity index (χ0) is 18.4. The van der Waals surface area contributed by atoms with Crippen LogP contribution in [-0.2, 0) is 9.59 Å². The molecule has 1 N–H and O–H groups in total. The maximum atomic E-state index is 12.6. The maximum Gasteiger partial charge on any atom is 0.317 e. The van der Waals surface area contributed by atoms with Crippen LogP contribution in [0.15, 0.2) is 0 Å². The molecule has 25 heavy (non-hydrogen) atoms. The van der Waals surface area contributed by atoms with Crippen molar-refractivity contribution in [1.82, 2.24) is 14.7 Å². The third-order valence-corrected chi connectivity index (χ3v) is 6.10. The average molecular weight is 354 g/mol. The van der Waals surface area contributed by atoms with Crippen LogP contribution in [0.5, 0.6) is 0 Å². The molecule has 0 unspecified atom stereocenters. The number of amides is 1. The number of likely N-dealkylation sites (tertiary alicyclic amines) is 1. The van der Waals surface area contributed by atoms with Crippen LogP contribution in [0, 0.1) is 5.92 Å². The van der Waals surface area contributed by atoms with Crippen LogP contribution in [0.2, 0.25) is 0 Å². The second-order valence-corrected chi connectivity index (χ2v) is 7.88. The summed E-state index contributed by atoms with van der Waals surface area (Å²) in [4.78, 5) is 29.8. The topological polar surface area (TPSA) is 64.1 Å². The first-order chi connectivity index (χ1) is 11.9. The van der Waals surface area contributed by atoms with Gasteiger partial charge in [0.25, 0.3) is 0 Å². The Balaban J connectivity index is 1.75. The zero-order valence-electron chi connectivity index (χ0n) is 16.1. The zero-order valence-corrected chi connectivity index (χ0v) is 16.1. The van der Waals surface area contributed by atoms with E-state index in [2.05, 4.69) is 11.8 Å². The van der Waals surface area contributed by atoms with Crippen LogP contribution >= 0.6 is 0 Å². The highest BCUT2D eigenvalue weighted by atomic mass is 16.4. The number of nitrogens with zero attached hydrogens (tertiary/aromatic N) is 3. The Hall–Kier alpha value is -1.14. The van der Waals surface area contributed by atoms with Gasteiger partial charge in [-0.25, -0.2) is 0 Å². The second kappa shape index (κ2) is 9.53. The van der Waals surface area contributed by atoms with E-state index in [1.165, 1.54) is 12.8 Å². The number of carboxylic acid groups (broad SMARTS) is 1. The van der Waals surface area contributed by atoms with E-state index in [4.69, 9.17) is 5.11 Å². The summed E-state index contributed by atoms with van der Waals surface area (Å²) in [5, 5.41) is 9.02. The third-order valence-electron chi connectivity index (χ3n) is 6.10. The van der Waals surface area contributed by atoms with Gasteiger partial charge < -0.3 is 10.0 Å². The Kier molecular flexibility index (Phi) is 7.69. The number of piperidine rings is 1. The SMILES string of the molecule is CCN(CC(=O)O)C1CCN(CC(=O)N(C)C2CCC(C)CC2)CC1. The summed E-state index contributed by atoms with van der Waals surface area (Å²) in [5.74, 6) is 0.268. The molecule has 1 amide bonds. The quantitative estimate of drug-likeness (QED) is 0.757. The van der Waals surface area contributed by atoms with Crippen molar-refractivity contribution in [2.75, 3.05) is 39.8 Å². The van der Waals surface area contributed by atoms with Crippen molar-refractivity contribution in [2.45, 2.75) is 64.5 Å². The summed E-state index contributed by atoms with van der Waals surface area (Å²) >= 11 is 0. The number of aliphatic carboxylic acids is 1. The molecule has 0 aromatic carbocycles. The molecule has 6 heteroatoms. The predicted octanol–water partition coefficient (Wildman–Crippen LogP) is 1.89. The van der Waals surface area contributed by atoms with Gasteiger partial charge in [0.15, 0.2) is 0 Å². The van der Waals surface area contributed by atoms with E-state index in [-0.39, 0.29) is 12.5 Å². The van der Waals surface area contributed by atoms with Crippen molar-refractivity contribution < 1.29 is 14.7 Å². The maximum absolute atomic E-state index is 12.6. The van der Waals surface area contributed by atoms with E-state index in [0.29, 0.717) is 18.6 Å². The molecule has 0 bridgehead atoms. The Morgan fingerprint density at radius 1 is 1.04 bits per heavy atom. The minimum atomic E-state index is -0.761. The molecular weight excluding hydrogens is 318 g/mol. The van der Waals surface area contributed by atoms with Gasteiger partial charge in [-0.15, -0.1) is 0 Å². The monoisotopic (exact) mass is 353 g/mol. The van der Waals surface area contributed by atoms with Crippen LogP contribution in [0.3, 0.4) is 0 Å². The van der Waals surface area contributed by atoms with Crippen LogP contribution in [0.1, 0.15) is 52.4 Å². The van der Waals surface area contributed by atoms with Crippen LogP contribution in [0.25, 0.3) is 0 Å². The number of carbonyl (C=O) groups is 2. The fourth-order valence-electron chi connectivity index (χ4n) is 4.25. The molecule has 0 spiro atoms. The summed E-state index contributed by atoms with van der Waals surface area (Å²) < 4.78 is 0.